The lowest BCUT2D eigenvalue weighted by atomic mass is 9.87. The molecule has 0 bridgehead atoms. The molecule has 3 heterocycles. The normalized spacial score (nSPS) is 13.9. The van der Waals surface area contributed by atoms with Gasteiger partial charge in [-0.1, -0.05) is 30.3 Å². The lowest BCUT2D eigenvalue weighted by Crippen LogP contribution is -2.36. The quantitative estimate of drug-likeness (QED) is 0.621. The molecule has 1 aliphatic heterocycles. The van der Waals surface area contributed by atoms with Gasteiger partial charge in [-0.15, -0.1) is 0 Å². The molecule has 2 aromatic heterocycles. The molecule has 31 heavy (non-hydrogen) atoms. The maximum Gasteiger partial charge on any atom is 0.309 e. The van der Waals surface area contributed by atoms with Crippen molar-refractivity contribution in [1.82, 2.24) is 14.5 Å². The summed E-state index contributed by atoms with van der Waals surface area (Å²) in [4.78, 5) is 30.8. The fourth-order valence-electron chi connectivity index (χ4n) is 4.36. The Labute approximate surface area is 182 Å². The van der Waals surface area contributed by atoms with E-state index < -0.39 is 11.4 Å². The Morgan fingerprint density at radius 2 is 1.90 bits per heavy atom. The molecule has 0 spiro atoms. The van der Waals surface area contributed by atoms with Crippen LogP contribution in [0.25, 0.3) is 11.0 Å². The highest BCUT2D eigenvalue weighted by atomic mass is 16.4. The number of pyridine rings is 1. The van der Waals surface area contributed by atoms with Crippen LogP contribution in [0, 0.1) is 5.41 Å². The van der Waals surface area contributed by atoms with Gasteiger partial charge in [0.25, 0.3) is 0 Å². The Balaban J connectivity index is 1.54. The summed E-state index contributed by atoms with van der Waals surface area (Å²) in [6.07, 6.45) is 4.08. The minimum Gasteiger partial charge on any atom is -0.481 e. The van der Waals surface area contributed by atoms with Crippen LogP contribution in [0.4, 0.5) is 0 Å². The van der Waals surface area contributed by atoms with Gasteiger partial charge in [-0.2, -0.15) is 0 Å². The van der Waals surface area contributed by atoms with Crippen molar-refractivity contribution in [1.29, 1.82) is 0 Å². The molecule has 1 amide bonds. The first-order valence-electron chi connectivity index (χ1n) is 10.9. The Morgan fingerprint density at radius 3 is 2.65 bits per heavy atom. The molecule has 4 rings (SSSR count). The summed E-state index contributed by atoms with van der Waals surface area (Å²) >= 11 is 0. The number of fused-ring (bicyclic) bond motifs is 3. The van der Waals surface area contributed by atoms with Gasteiger partial charge in [0.05, 0.1) is 12.0 Å². The van der Waals surface area contributed by atoms with Crippen LogP contribution >= 0.6 is 0 Å². The van der Waals surface area contributed by atoms with Gasteiger partial charge in [0.1, 0.15) is 5.65 Å². The van der Waals surface area contributed by atoms with E-state index in [1.807, 2.05) is 35.4 Å². The third-order valence-corrected chi connectivity index (χ3v) is 6.32. The zero-order valence-electron chi connectivity index (χ0n) is 18.2. The van der Waals surface area contributed by atoms with E-state index in [-0.39, 0.29) is 5.91 Å². The predicted molar refractivity (Wildman–Crippen MR) is 120 cm³/mol. The highest BCUT2D eigenvalue weighted by molar-refractivity contribution is 5.84. The molecule has 1 aromatic carbocycles. The summed E-state index contributed by atoms with van der Waals surface area (Å²) in [7, 11) is 0. The number of aromatic nitrogens is 2. The third-order valence-electron chi connectivity index (χ3n) is 6.32. The molecule has 162 valence electrons. The maximum atomic E-state index is 12.9. The molecule has 1 N–H and O–H groups in total. The second kappa shape index (κ2) is 8.53. The van der Waals surface area contributed by atoms with Crippen molar-refractivity contribution in [3.05, 3.63) is 65.5 Å². The molecule has 3 aromatic rings. The molecule has 6 heteroatoms. The average molecular weight is 420 g/mol. The molecule has 6 nitrogen and oxygen atoms in total. The molecule has 0 unspecified atom stereocenters. The van der Waals surface area contributed by atoms with Crippen LogP contribution in [0.1, 0.15) is 49.9 Å². The van der Waals surface area contributed by atoms with Crippen LogP contribution < -0.4 is 0 Å². The number of amides is 1. The van der Waals surface area contributed by atoms with E-state index in [9.17, 15) is 14.7 Å². The smallest absolute Gasteiger partial charge is 0.309 e. The van der Waals surface area contributed by atoms with Crippen molar-refractivity contribution >= 4 is 22.9 Å². The monoisotopic (exact) mass is 419 g/mol. The van der Waals surface area contributed by atoms with Gasteiger partial charge in [-0.3, -0.25) is 9.59 Å². The van der Waals surface area contributed by atoms with E-state index in [1.54, 1.807) is 13.8 Å². The summed E-state index contributed by atoms with van der Waals surface area (Å²) in [6.45, 7) is 5.40. The van der Waals surface area contributed by atoms with Gasteiger partial charge >= 0.3 is 5.97 Å². The summed E-state index contributed by atoms with van der Waals surface area (Å²) in [5.74, 6) is -0.725. The first-order valence-corrected chi connectivity index (χ1v) is 10.9. The van der Waals surface area contributed by atoms with E-state index in [1.165, 1.54) is 16.5 Å². The van der Waals surface area contributed by atoms with Crippen molar-refractivity contribution in [3.63, 3.8) is 0 Å². The van der Waals surface area contributed by atoms with E-state index in [0.717, 1.165) is 24.3 Å². The van der Waals surface area contributed by atoms with Crippen molar-refractivity contribution in [3.8, 4) is 0 Å². The van der Waals surface area contributed by atoms with Gasteiger partial charge in [0.15, 0.2) is 0 Å². The second-order valence-corrected chi connectivity index (χ2v) is 8.98. The summed E-state index contributed by atoms with van der Waals surface area (Å²) < 4.78 is 2.24. The predicted octanol–water partition coefficient (Wildman–Crippen LogP) is 4.25. The van der Waals surface area contributed by atoms with Crippen LogP contribution in [0.2, 0.25) is 0 Å². The van der Waals surface area contributed by atoms with E-state index >= 15 is 0 Å². The number of carboxylic acids is 1. The Kier molecular flexibility index (Phi) is 5.81. The maximum absolute atomic E-state index is 12.9. The largest absolute Gasteiger partial charge is 0.481 e. The van der Waals surface area contributed by atoms with Gasteiger partial charge in [-0.25, -0.2) is 4.98 Å². The number of hydrogen-bond acceptors (Lipinski definition) is 3. The van der Waals surface area contributed by atoms with E-state index in [0.29, 0.717) is 32.4 Å². The van der Waals surface area contributed by atoms with Crippen LogP contribution in [-0.2, 0) is 29.1 Å². The molecular weight excluding hydrogens is 390 g/mol. The summed E-state index contributed by atoms with van der Waals surface area (Å²) in [5.41, 5.74) is 3.81. The number of benzene rings is 1. The molecule has 0 saturated heterocycles. The fourth-order valence-corrected chi connectivity index (χ4v) is 4.36. The number of hydrogen-bond donors (Lipinski definition) is 1. The molecule has 0 aliphatic carbocycles. The molecule has 0 atom stereocenters. The fraction of sp³-hybridized carbons (Fsp3) is 0.400. The van der Waals surface area contributed by atoms with E-state index in [4.69, 9.17) is 0 Å². The van der Waals surface area contributed by atoms with Crippen LogP contribution in [-0.4, -0.2) is 38.0 Å². The van der Waals surface area contributed by atoms with Crippen LogP contribution in [0.3, 0.4) is 0 Å². The molecular formula is C25H29N3O3. The number of carboxylic acid groups (broad SMARTS) is 1. The number of nitrogens with zero attached hydrogens (tertiary/aromatic N) is 3. The van der Waals surface area contributed by atoms with Gasteiger partial charge in [-0.05, 0) is 56.4 Å². The zero-order chi connectivity index (χ0) is 22.0. The highest BCUT2D eigenvalue weighted by Crippen LogP contribution is 2.31. The number of carbonyl (C=O) groups is 2. The zero-order valence-corrected chi connectivity index (χ0v) is 18.2. The highest BCUT2D eigenvalue weighted by Gasteiger charge is 2.29. The molecule has 0 saturated carbocycles. The average Bonchev–Trinajstić information content (AvgIpc) is 3.07. The minimum atomic E-state index is -0.819. The Hall–Kier alpha value is -3.15. The topological polar surface area (TPSA) is 75.4 Å². The second-order valence-electron chi connectivity index (χ2n) is 8.98. The number of carbonyl (C=O) groups excluding carboxylic acids is 1. The van der Waals surface area contributed by atoms with E-state index in [2.05, 4.69) is 27.8 Å². The lowest BCUT2D eigenvalue weighted by molar-refractivity contribution is -0.147. The standard InChI is InChI=1S/C25H29N3O3/c1-25(2,24(30)31)13-6-11-22(29)27-15-12-19-20-10-7-14-26-23(20)28(21(19)17-27)16-18-8-4-3-5-9-18/h3-5,7-10,14H,6,11-13,15-17H2,1-2H3,(H,30,31). The summed E-state index contributed by atoms with van der Waals surface area (Å²) in [5, 5.41) is 10.5. The van der Waals surface area contributed by atoms with Crippen molar-refractivity contribution < 1.29 is 14.7 Å². The van der Waals surface area contributed by atoms with Gasteiger partial charge in [0, 0.05) is 36.8 Å². The third kappa shape index (κ3) is 4.33. The van der Waals surface area contributed by atoms with Crippen LogP contribution in [0.5, 0.6) is 0 Å². The minimum absolute atomic E-state index is 0.0938. The first kappa shape index (κ1) is 21.1. The van der Waals surface area contributed by atoms with Gasteiger partial charge in [0.2, 0.25) is 5.91 Å². The van der Waals surface area contributed by atoms with Crippen molar-refractivity contribution in [2.75, 3.05) is 6.54 Å². The van der Waals surface area contributed by atoms with Crippen molar-refractivity contribution in [2.45, 2.75) is 52.6 Å². The lowest BCUT2D eigenvalue weighted by Gasteiger charge is -2.29. The summed E-state index contributed by atoms with van der Waals surface area (Å²) in [6, 6.07) is 14.4. The number of aliphatic carboxylic acids is 1. The van der Waals surface area contributed by atoms with Crippen molar-refractivity contribution in [2.24, 2.45) is 5.41 Å². The molecule has 0 fully saturated rings. The Morgan fingerprint density at radius 1 is 1.13 bits per heavy atom. The van der Waals surface area contributed by atoms with Gasteiger partial charge < -0.3 is 14.6 Å². The number of rotatable bonds is 7. The van der Waals surface area contributed by atoms with Crippen LogP contribution in [0.15, 0.2) is 48.7 Å². The first-order chi connectivity index (χ1) is 14.9. The Bertz CT molecular complexity index is 1100. The molecule has 0 radical (unpaired) electrons. The SMILES string of the molecule is CC(C)(CCCC(=O)N1CCc2c(n(Cc3ccccc3)c3ncccc23)C1)C(=O)O. The molecule has 1 aliphatic rings.